The molecule has 0 fully saturated rings. The molecule has 0 bridgehead atoms. The molecule has 1 nitrogen and oxygen atoms in total. The molecule has 0 amide bonds. The molecule has 0 saturated carbocycles. The lowest BCUT2D eigenvalue weighted by molar-refractivity contribution is 0.0413. The second-order valence-corrected chi connectivity index (χ2v) is 2.97. The molecule has 3 heteroatoms. The molecule has 1 aromatic rings. The molecule has 0 N–H and O–H groups in total. The lowest BCUT2D eigenvalue weighted by atomic mass is 10.1. The summed E-state index contributed by atoms with van der Waals surface area (Å²) in [5, 5.41) is 0.586. The quantitative estimate of drug-likeness (QED) is 0.656. The minimum absolute atomic E-state index is 0.00331. The van der Waals surface area contributed by atoms with Gasteiger partial charge in [-0.15, -0.1) is 9.60 Å². The van der Waals surface area contributed by atoms with E-state index in [0.29, 0.717) is 17.9 Å². The molecule has 0 heterocycles. The van der Waals surface area contributed by atoms with Crippen molar-refractivity contribution in [2.24, 2.45) is 0 Å². The van der Waals surface area contributed by atoms with E-state index in [2.05, 4.69) is 0 Å². The van der Waals surface area contributed by atoms with Crippen LogP contribution in [0.15, 0.2) is 42.7 Å². The van der Waals surface area contributed by atoms with E-state index in [0.717, 1.165) is 11.6 Å². The molecule has 0 aliphatic heterocycles. The van der Waals surface area contributed by atoms with E-state index in [1.807, 2.05) is 30.3 Å². The lowest BCUT2D eigenvalue weighted by Gasteiger charge is -2.08. The van der Waals surface area contributed by atoms with Crippen molar-refractivity contribution in [1.82, 2.24) is 5.12 Å². The van der Waals surface area contributed by atoms with E-state index in [1.165, 1.54) is 0 Å². The summed E-state index contributed by atoms with van der Waals surface area (Å²) in [6, 6.07) is 9.64. The molecule has 0 aromatic heterocycles. The van der Waals surface area contributed by atoms with Gasteiger partial charge in [0.25, 0.3) is 0 Å². The Morgan fingerprint density at radius 3 is 2.57 bits per heavy atom. The predicted octanol–water partition coefficient (Wildman–Crippen LogP) is 2.90. The van der Waals surface area contributed by atoms with Crippen LogP contribution < -0.4 is 0 Å². The third-order valence-electron chi connectivity index (χ3n) is 1.88. The predicted molar refractivity (Wildman–Crippen MR) is 53.1 cm³/mol. The van der Waals surface area contributed by atoms with Crippen LogP contribution in [0.2, 0.25) is 0 Å². The maximum absolute atomic E-state index is 12.9. The lowest BCUT2D eigenvalue weighted by Crippen LogP contribution is -2.16. The van der Waals surface area contributed by atoms with E-state index in [9.17, 15) is 8.87 Å². The highest BCUT2D eigenvalue weighted by Crippen LogP contribution is 2.01. The Labute approximate surface area is 82.6 Å². The Balaban J connectivity index is 2.27. The summed E-state index contributed by atoms with van der Waals surface area (Å²) in [6.07, 6.45) is 2.14. The standard InChI is InChI=1S/C11H13F2N/c12-8-4-9-14(13)10-7-11-5-2-1-3-6-11/h1-6,8H,7,9-10H2. The summed E-state index contributed by atoms with van der Waals surface area (Å²) >= 11 is 0. The van der Waals surface area contributed by atoms with Gasteiger partial charge in [-0.2, -0.15) is 0 Å². The zero-order valence-corrected chi connectivity index (χ0v) is 7.87. The van der Waals surface area contributed by atoms with Crippen molar-refractivity contribution in [2.75, 3.05) is 13.1 Å². The normalized spacial score (nSPS) is 11.4. The Bertz CT molecular complexity index is 272. The maximum Gasteiger partial charge on any atom is 0.0840 e. The van der Waals surface area contributed by atoms with E-state index in [1.54, 1.807) is 0 Å². The number of hydrogen-bond donors (Lipinski definition) is 0. The Morgan fingerprint density at radius 2 is 1.93 bits per heavy atom. The minimum Gasteiger partial charge on any atom is -0.216 e. The smallest absolute Gasteiger partial charge is 0.0840 e. The van der Waals surface area contributed by atoms with Crippen molar-refractivity contribution in [1.29, 1.82) is 0 Å². The summed E-state index contributed by atoms with van der Waals surface area (Å²) in [7, 11) is 0. The van der Waals surface area contributed by atoms with Gasteiger partial charge in [-0.3, -0.25) is 0 Å². The van der Waals surface area contributed by atoms with Gasteiger partial charge in [0.2, 0.25) is 0 Å². The van der Waals surface area contributed by atoms with Crippen LogP contribution in [0.25, 0.3) is 0 Å². The maximum atomic E-state index is 12.9. The Morgan fingerprint density at radius 1 is 1.21 bits per heavy atom. The van der Waals surface area contributed by atoms with Gasteiger partial charge in [0.05, 0.1) is 6.33 Å². The van der Waals surface area contributed by atoms with Crippen molar-refractivity contribution in [3.63, 3.8) is 0 Å². The molecule has 0 aliphatic carbocycles. The summed E-state index contributed by atoms with van der Waals surface area (Å²) < 4.78 is 24.4. The first-order valence-corrected chi connectivity index (χ1v) is 4.53. The topological polar surface area (TPSA) is 3.24 Å². The molecular formula is C11H13F2N. The fraction of sp³-hybridized carbons (Fsp3) is 0.273. The summed E-state index contributed by atoms with van der Waals surface area (Å²) in [5.41, 5.74) is 1.08. The average molecular weight is 197 g/mol. The van der Waals surface area contributed by atoms with Crippen LogP contribution in [0, 0.1) is 0 Å². The van der Waals surface area contributed by atoms with E-state index in [-0.39, 0.29) is 13.1 Å². The largest absolute Gasteiger partial charge is 0.216 e. The fourth-order valence-corrected chi connectivity index (χ4v) is 1.14. The Hall–Kier alpha value is -1.22. The molecular weight excluding hydrogens is 184 g/mol. The van der Waals surface area contributed by atoms with Gasteiger partial charge in [-0.05, 0) is 18.1 Å². The molecule has 0 radical (unpaired) electrons. The fourth-order valence-electron chi connectivity index (χ4n) is 1.14. The van der Waals surface area contributed by atoms with Gasteiger partial charge in [0.15, 0.2) is 0 Å². The van der Waals surface area contributed by atoms with Gasteiger partial charge in [0.1, 0.15) is 0 Å². The molecule has 76 valence electrons. The average Bonchev–Trinajstić information content (AvgIpc) is 2.25. The second kappa shape index (κ2) is 6.27. The number of benzene rings is 1. The first kappa shape index (κ1) is 10.9. The van der Waals surface area contributed by atoms with Crippen molar-refractivity contribution < 1.29 is 8.87 Å². The van der Waals surface area contributed by atoms with Gasteiger partial charge >= 0.3 is 0 Å². The SMILES string of the molecule is FC=CCN(F)CCc1ccccc1. The molecule has 0 spiro atoms. The van der Waals surface area contributed by atoms with E-state index < -0.39 is 0 Å². The summed E-state index contributed by atoms with van der Waals surface area (Å²) in [5.74, 6) is 0. The van der Waals surface area contributed by atoms with Gasteiger partial charge in [0, 0.05) is 13.1 Å². The number of hydrogen-bond acceptors (Lipinski definition) is 1. The van der Waals surface area contributed by atoms with E-state index in [4.69, 9.17) is 0 Å². The van der Waals surface area contributed by atoms with Gasteiger partial charge in [-0.1, -0.05) is 30.3 Å². The Kier molecular flexibility index (Phi) is 4.86. The second-order valence-electron chi connectivity index (χ2n) is 2.97. The minimum atomic E-state index is 0.00331. The molecule has 0 atom stereocenters. The zero-order valence-electron chi connectivity index (χ0n) is 7.87. The summed E-state index contributed by atoms with van der Waals surface area (Å²) in [6.45, 7) is 0.289. The molecule has 0 saturated heterocycles. The number of nitrogens with zero attached hydrogens (tertiary/aromatic N) is 1. The molecule has 0 unspecified atom stereocenters. The molecule has 1 rings (SSSR count). The highest BCUT2D eigenvalue weighted by molar-refractivity contribution is 5.14. The molecule has 14 heavy (non-hydrogen) atoms. The van der Waals surface area contributed by atoms with Gasteiger partial charge in [-0.25, -0.2) is 4.39 Å². The van der Waals surface area contributed by atoms with Crippen LogP contribution >= 0.6 is 0 Å². The molecule has 1 aromatic carbocycles. The third-order valence-corrected chi connectivity index (χ3v) is 1.88. The summed E-state index contributed by atoms with van der Waals surface area (Å²) in [4.78, 5) is 0. The van der Waals surface area contributed by atoms with Crippen LogP contribution in [0.1, 0.15) is 5.56 Å². The third kappa shape index (κ3) is 4.14. The zero-order chi connectivity index (χ0) is 10.2. The van der Waals surface area contributed by atoms with Crippen LogP contribution in [-0.4, -0.2) is 18.2 Å². The number of rotatable bonds is 5. The van der Waals surface area contributed by atoms with Crippen LogP contribution in [0.4, 0.5) is 8.87 Å². The van der Waals surface area contributed by atoms with E-state index >= 15 is 0 Å². The molecule has 0 aliphatic rings. The number of halogens is 2. The van der Waals surface area contributed by atoms with Crippen molar-refractivity contribution in [2.45, 2.75) is 6.42 Å². The van der Waals surface area contributed by atoms with Crippen molar-refractivity contribution >= 4 is 0 Å². The van der Waals surface area contributed by atoms with Gasteiger partial charge < -0.3 is 0 Å². The first-order valence-electron chi connectivity index (χ1n) is 4.53. The monoisotopic (exact) mass is 197 g/mol. The van der Waals surface area contributed by atoms with Crippen LogP contribution in [0.5, 0.6) is 0 Å². The van der Waals surface area contributed by atoms with Crippen LogP contribution in [-0.2, 0) is 6.42 Å². The van der Waals surface area contributed by atoms with Crippen molar-refractivity contribution in [3.8, 4) is 0 Å². The highest BCUT2D eigenvalue weighted by atomic mass is 19.2. The first-order chi connectivity index (χ1) is 6.83. The van der Waals surface area contributed by atoms with Crippen molar-refractivity contribution in [3.05, 3.63) is 48.3 Å². The highest BCUT2D eigenvalue weighted by Gasteiger charge is 2.00. The van der Waals surface area contributed by atoms with Crippen LogP contribution in [0.3, 0.4) is 0 Å².